The molecule has 1 rings (SSSR count). The summed E-state index contributed by atoms with van der Waals surface area (Å²) in [6, 6.07) is 8.01. The van der Waals surface area contributed by atoms with Crippen molar-refractivity contribution in [3.63, 3.8) is 0 Å². The van der Waals surface area contributed by atoms with Gasteiger partial charge in [-0.2, -0.15) is 0 Å². The molecule has 0 aliphatic heterocycles. The molecule has 0 saturated heterocycles. The highest BCUT2D eigenvalue weighted by molar-refractivity contribution is 5.66. The molecule has 0 spiro atoms. The zero-order valence-corrected chi connectivity index (χ0v) is 12.4. The second-order valence-corrected chi connectivity index (χ2v) is 5.24. The number of carbonyl (C=O) groups is 1. The fourth-order valence-electron chi connectivity index (χ4n) is 1.93. The molecule has 0 saturated carbocycles. The van der Waals surface area contributed by atoms with Crippen LogP contribution in [0.25, 0.3) is 0 Å². The molecule has 20 heavy (non-hydrogen) atoms. The van der Waals surface area contributed by atoms with Crippen molar-refractivity contribution in [2.24, 2.45) is 5.92 Å². The minimum absolute atomic E-state index is 0.262. The van der Waals surface area contributed by atoms with Crippen LogP contribution in [0.3, 0.4) is 0 Å². The molecule has 0 heterocycles. The van der Waals surface area contributed by atoms with Crippen molar-refractivity contribution in [2.45, 2.75) is 33.1 Å². The van der Waals surface area contributed by atoms with Crippen LogP contribution >= 0.6 is 0 Å². The molecule has 4 heteroatoms. The van der Waals surface area contributed by atoms with Crippen molar-refractivity contribution < 1.29 is 14.6 Å². The zero-order valence-electron chi connectivity index (χ0n) is 12.4. The number of nitrogens with one attached hydrogen (secondary N) is 1. The van der Waals surface area contributed by atoms with Crippen LogP contribution in [0.1, 0.15) is 31.7 Å². The molecular weight excluding hydrogens is 254 g/mol. The lowest BCUT2D eigenvalue weighted by Gasteiger charge is -2.11. The Labute approximate surface area is 121 Å². The normalized spacial score (nSPS) is 12.1. The van der Waals surface area contributed by atoms with E-state index in [2.05, 4.69) is 12.2 Å². The molecule has 1 unspecified atom stereocenters. The predicted molar refractivity (Wildman–Crippen MR) is 80.2 cm³/mol. The molecule has 2 N–H and O–H groups in total. The highest BCUT2D eigenvalue weighted by Gasteiger charge is 2.04. The SMILES string of the molecule is Cc1cccc(OCCNCCC(C)CCC(=O)O)c1. The van der Waals surface area contributed by atoms with E-state index in [1.165, 1.54) is 5.56 Å². The first kappa shape index (κ1) is 16.5. The first-order valence-electron chi connectivity index (χ1n) is 7.20. The van der Waals surface area contributed by atoms with Gasteiger partial charge in [-0.15, -0.1) is 0 Å². The Bertz CT molecular complexity index is 406. The molecule has 0 radical (unpaired) electrons. The first-order valence-corrected chi connectivity index (χ1v) is 7.20. The first-order chi connectivity index (χ1) is 9.58. The number of benzene rings is 1. The van der Waals surface area contributed by atoms with Crippen LogP contribution in [-0.2, 0) is 4.79 Å². The summed E-state index contributed by atoms with van der Waals surface area (Å²) in [4.78, 5) is 10.4. The van der Waals surface area contributed by atoms with Crippen LogP contribution in [0.5, 0.6) is 5.75 Å². The van der Waals surface area contributed by atoms with Crippen LogP contribution in [0.2, 0.25) is 0 Å². The molecule has 0 aliphatic rings. The average molecular weight is 279 g/mol. The summed E-state index contributed by atoms with van der Waals surface area (Å²) < 4.78 is 5.63. The summed E-state index contributed by atoms with van der Waals surface area (Å²) in [7, 11) is 0. The molecule has 1 aromatic rings. The lowest BCUT2D eigenvalue weighted by atomic mass is 10.0. The lowest BCUT2D eigenvalue weighted by molar-refractivity contribution is -0.137. The number of ether oxygens (including phenoxy) is 1. The maximum atomic E-state index is 10.4. The number of hydrogen-bond donors (Lipinski definition) is 2. The van der Waals surface area contributed by atoms with Gasteiger partial charge in [0.1, 0.15) is 12.4 Å². The number of rotatable bonds is 10. The highest BCUT2D eigenvalue weighted by Crippen LogP contribution is 2.12. The number of carboxylic acid groups (broad SMARTS) is 1. The standard InChI is InChI=1S/C16H25NO3/c1-13(6-7-16(18)19)8-9-17-10-11-20-15-5-3-4-14(2)12-15/h3-5,12-13,17H,6-11H2,1-2H3,(H,18,19). The number of carboxylic acids is 1. The smallest absolute Gasteiger partial charge is 0.303 e. The Morgan fingerprint density at radius 3 is 2.85 bits per heavy atom. The van der Waals surface area contributed by atoms with Crippen molar-refractivity contribution >= 4 is 5.97 Å². The summed E-state index contributed by atoms with van der Waals surface area (Å²) >= 11 is 0. The van der Waals surface area contributed by atoms with Crippen molar-refractivity contribution in [2.75, 3.05) is 19.7 Å². The molecule has 0 fully saturated rings. The van der Waals surface area contributed by atoms with Gasteiger partial charge in [-0.1, -0.05) is 19.1 Å². The van der Waals surface area contributed by atoms with Crippen LogP contribution in [0.15, 0.2) is 24.3 Å². The second-order valence-electron chi connectivity index (χ2n) is 5.24. The summed E-state index contributed by atoms with van der Waals surface area (Å²) in [5.41, 5.74) is 1.20. The Kier molecular flexibility index (Phi) is 7.73. The van der Waals surface area contributed by atoms with Crippen LogP contribution in [0, 0.1) is 12.8 Å². The number of hydrogen-bond acceptors (Lipinski definition) is 3. The molecule has 0 amide bonds. The summed E-state index contributed by atoms with van der Waals surface area (Å²) in [5, 5.41) is 11.9. The molecule has 0 bridgehead atoms. The van der Waals surface area contributed by atoms with Crippen molar-refractivity contribution in [3.8, 4) is 5.75 Å². The van der Waals surface area contributed by atoms with E-state index in [9.17, 15) is 4.79 Å². The largest absolute Gasteiger partial charge is 0.492 e. The fourth-order valence-corrected chi connectivity index (χ4v) is 1.93. The van der Waals surface area contributed by atoms with Crippen molar-refractivity contribution in [1.82, 2.24) is 5.32 Å². The Morgan fingerprint density at radius 2 is 2.15 bits per heavy atom. The third-order valence-corrected chi connectivity index (χ3v) is 3.20. The van der Waals surface area contributed by atoms with E-state index < -0.39 is 5.97 Å². The van der Waals surface area contributed by atoms with Gasteiger partial charge in [-0.05, 0) is 49.9 Å². The molecular formula is C16H25NO3. The molecule has 0 aliphatic carbocycles. The van der Waals surface area contributed by atoms with E-state index in [-0.39, 0.29) is 6.42 Å². The van der Waals surface area contributed by atoms with Crippen LogP contribution in [0.4, 0.5) is 0 Å². The van der Waals surface area contributed by atoms with Gasteiger partial charge in [0.15, 0.2) is 0 Å². The van der Waals surface area contributed by atoms with E-state index in [0.717, 1.165) is 31.7 Å². The monoisotopic (exact) mass is 279 g/mol. The van der Waals surface area contributed by atoms with Crippen molar-refractivity contribution in [1.29, 1.82) is 0 Å². The molecule has 1 aromatic carbocycles. The lowest BCUT2D eigenvalue weighted by Crippen LogP contribution is -2.23. The number of aliphatic carboxylic acids is 1. The van der Waals surface area contributed by atoms with Crippen LogP contribution < -0.4 is 10.1 Å². The van der Waals surface area contributed by atoms with Gasteiger partial charge in [0.25, 0.3) is 0 Å². The highest BCUT2D eigenvalue weighted by atomic mass is 16.5. The third kappa shape index (κ3) is 7.79. The Hall–Kier alpha value is -1.55. The number of aryl methyl sites for hydroxylation is 1. The van der Waals surface area contributed by atoms with E-state index in [1.807, 2.05) is 31.2 Å². The molecule has 0 aromatic heterocycles. The van der Waals surface area contributed by atoms with Gasteiger partial charge in [-0.25, -0.2) is 0 Å². The predicted octanol–water partition coefficient (Wildman–Crippen LogP) is 2.85. The average Bonchev–Trinajstić information content (AvgIpc) is 2.40. The van der Waals surface area contributed by atoms with Gasteiger partial charge in [0.05, 0.1) is 0 Å². The van der Waals surface area contributed by atoms with Gasteiger partial charge in [0, 0.05) is 13.0 Å². The van der Waals surface area contributed by atoms with Gasteiger partial charge in [-0.3, -0.25) is 4.79 Å². The van der Waals surface area contributed by atoms with Gasteiger partial charge in [0.2, 0.25) is 0 Å². The summed E-state index contributed by atoms with van der Waals surface area (Å²) in [6.07, 6.45) is 2.01. The van der Waals surface area contributed by atoms with Gasteiger partial charge >= 0.3 is 5.97 Å². The summed E-state index contributed by atoms with van der Waals surface area (Å²) in [5.74, 6) is 0.634. The van der Waals surface area contributed by atoms with E-state index >= 15 is 0 Å². The summed E-state index contributed by atoms with van der Waals surface area (Å²) in [6.45, 7) is 6.49. The molecule has 1 atom stereocenters. The Balaban J connectivity index is 2.01. The molecule has 4 nitrogen and oxygen atoms in total. The maximum Gasteiger partial charge on any atom is 0.303 e. The fraction of sp³-hybridized carbons (Fsp3) is 0.562. The quantitative estimate of drug-likeness (QED) is 0.647. The van der Waals surface area contributed by atoms with Gasteiger partial charge < -0.3 is 15.2 Å². The van der Waals surface area contributed by atoms with Crippen molar-refractivity contribution in [3.05, 3.63) is 29.8 Å². The van der Waals surface area contributed by atoms with E-state index in [0.29, 0.717) is 12.5 Å². The van der Waals surface area contributed by atoms with E-state index in [1.54, 1.807) is 0 Å². The maximum absolute atomic E-state index is 10.4. The minimum Gasteiger partial charge on any atom is -0.492 e. The Morgan fingerprint density at radius 1 is 1.35 bits per heavy atom. The third-order valence-electron chi connectivity index (χ3n) is 3.20. The topological polar surface area (TPSA) is 58.6 Å². The van der Waals surface area contributed by atoms with E-state index in [4.69, 9.17) is 9.84 Å². The minimum atomic E-state index is -0.712. The second kappa shape index (κ2) is 9.37. The molecule has 112 valence electrons. The van der Waals surface area contributed by atoms with Crippen LogP contribution in [-0.4, -0.2) is 30.8 Å². The zero-order chi connectivity index (χ0) is 14.8.